The van der Waals surface area contributed by atoms with Gasteiger partial charge in [0.1, 0.15) is 6.10 Å². The van der Waals surface area contributed by atoms with Crippen LogP contribution in [0.5, 0.6) is 0 Å². The van der Waals surface area contributed by atoms with Crippen molar-refractivity contribution >= 4 is 11.9 Å². The zero-order chi connectivity index (χ0) is 24.1. The lowest BCUT2D eigenvalue weighted by Crippen LogP contribution is -2.43. The predicted octanol–water partition coefficient (Wildman–Crippen LogP) is 3.44. The van der Waals surface area contributed by atoms with Gasteiger partial charge in [0.05, 0.1) is 24.0 Å². The van der Waals surface area contributed by atoms with Gasteiger partial charge in [-0.25, -0.2) is 0 Å². The number of allylic oxidation sites excluding steroid dienone is 3. The molecule has 182 valence electrons. The number of aliphatic hydroxyl groups is 2. The first kappa shape index (κ1) is 26.6. The molecule has 4 N–H and O–H groups in total. The third-order valence-electron chi connectivity index (χ3n) is 7.20. The molecule has 7 heteroatoms. The Morgan fingerprint density at radius 1 is 1.25 bits per heavy atom. The van der Waals surface area contributed by atoms with Gasteiger partial charge in [-0.3, -0.25) is 9.59 Å². The van der Waals surface area contributed by atoms with Crippen molar-refractivity contribution in [3.63, 3.8) is 0 Å². The molecule has 0 saturated carbocycles. The fraction of sp³-hybridized carbons (Fsp3) is 0.760. The Bertz CT molecular complexity index is 715. The number of carbonyl (C=O) groups excluding carboxylic acids is 2. The molecule has 0 bridgehead atoms. The highest BCUT2D eigenvalue weighted by atomic mass is 16.7. The molecule has 2 rings (SSSR count). The topological polar surface area (TPSA) is 119 Å². The van der Waals surface area contributed by atoms with E-state index in [-0.39, 0.29) is 42.7 Å². The molecule has 0 radical (unpaired) electrons. The van der Waals surface area contributed by atoms with Gasteiger partial charge in [0.2, 0.25) is 0 Å². The van der Waals surface area contributed by atoms with Crippen molar-refractivity contribution in [1.82, 2.24) is 0 Å². The summed E-state index contributed by atoms with van der Waals surface area (Å²) in [6.45, 7) is 10.1. The van der Waals surface area contributed by atoms with E-state index >= 15 is 0 Å². The van der Waals surface area contributed by atoms with Crippen LogP contribution in [0.4, 0.5) is 0 Å². The van der Waals surface area contributed by atoms with Gasteiger partial charge in [0, 0.05) is 5.92 Å². The van der Waals surface area contributed by atoms with Crippen LogP contribution in [0, 0.1) is 29.1 Å². The van der Waals surface area contributed by atoms with Crippen LogP contribution < -0.4 is 5.90 Å². The van der Waals surface area contributed by atoms with Crippen molar-refractivity contribution in [3.8, 4) is 0 Å². The lowest BCUT2D eigenvalue weighted by atomic mass is 9.65. The van der Waals surface area contributed by atoms with Crippen LogP contribution in [0.3, 0.4) is 0 Å². The number of aliphatic hydroxyl groups excluding tert-OH is 2. The molecule has 0 amide bonds. The summed E-state index contributed by atoms with van der Waals surface area (Å²) in [5, 5.41) is 20.4. The monoisotopic (exact) mass is 451 g/mol. The van der Waals surface area contributed by atoms with E-state index in [9.17, 15) is 19.8 Å². The fourth-order valence-corrected chi connectivity index (χ4v) is 4.80. The predicted molar refractivity (Wildman–Crippen MR) is 122 cm³/mol. The Morgan fingerprint density at radius 2 is 1.94 bits per heavy atom. The van der Waals surface area contributed by atoms with Gasteiger partial charge >= 0.3 is 11.9 Å². The molecular weight excluding hydrogens is 410 g/mol. The number of rotatable bonds is 10. The minimum Gasteiger partial charge on any atom is -0.461 e. The standard InChI is InChI=1S/C25H41NO6/c1-6-25(4,5)24(30)31-21-12-15(2)11-17-8-7-16(3)20(23(17)21)10-9-18(27)13-19(28)14-22(29)32-26/h7-8,11,15-16,18-21,23,27-28H,6,9-10,12-14,26H2,1-5H3. The molecule has 7 nitrogen and oxygen atoms in total. The van der Waals surface area contributed by atoms with Crippen LogP contribution >= 0.6 is 0 Å². The number of hydrogen-bond donors (Lipinski definition) is 3. The minimum absolute atomic E-state index is 0.0829. The Kier molecular flexibility index (Phi) is 9.49. The van der Waals surface area contributed by atoms with Crippen molar-refractivity contribution in [1.29, 1.82) is 0 Å². The molecule has 7 unspecified atom stereocenters. The van der Waals surface area contributed by atoms with Gasteiger partial charge in [0.25, 0.3) is 0 Å². The lowest BCUT2D eigenvalue weighted by Gasteiger charge is -2.44. The molecule has 2 aliphatic rings. The molecule has 7 atom stereocenters. The van der Waals surface area contributed by atoms with E-state index in [0.717, 1.165) is 12.8 Å². The largest absolute Gasteiger partial charge is 0.461 e. The molecule has 0 saturated heterocycles. The SMILES string of the molecule is CCC(C)(C)C(=O)OC1CC(C)C=C2C=CC(C)C(CCC(O)CC(O)CC(=O)ON)C21. The molecule has 0 aliphatic heterocycles. The maximum Gasteiger partial charge on any atom is 0.327 e. The number of esters is 1. The molecule has 2 aliphatic carbocycles. The molecule has 0 aromatic rings. The molecule has 0 aromatic heterocycles. The van der Waals surface area contributed by atoms with E-state index in [1.807, 2.05) is 20.8 Å². The van der Waals surface area contributed by atoms with Gasteiger partial charge in [-0.2, -0.15) is 5.90 Å². The number of carbonyl (C=O) groups is 2. The van der Waals surface area contributed by atoms with Crippen LogP contribution in [-0.2, 0) is 19.2 Å². The van der Waals surface area contributed by atoms with Crippen molar-refractivity contribution in [2.75, 3.05) is 0 Å². The summed E-state index contributed by atoms with van der Waals surface area (Å²) in [7, 11) is 0. The second kappa shape index (κ2) is 11.4. The highest BCUT2D eigenvalue weighted by Gasteiger charge is 2.42. The van der Waals surface area contributed by atoms with Crippen molar-refractivity contribution in [2.24, 2.45) is 35.0 Å². The van der Waals surface area contributed by atoms with E-state index in [1.165, 1.54) is 5.57 Å². The Hall–Kier alpha value is -1.70. The Labute approximate surface area is 192 Å². The number of hydrogen-bond acceptors (Lipinski definition) is 7. The van der Waals surface area contributed by atoms with Gasteiger partial charge in [0.15, 0.2) is 0 Å². The maximum atomic E-state index is 12.9. The van der Waals surface area contributed by atoms with Crippen LogP contribution in [-0.4, -0.2) is 40.5 Å². The average molecular weight is 452 g/mol. The smallest absolute Gasteiger partial charge is 0.327 e. The number of fused-ring (bicyclic) bond motifs is 1. The summed E-state index contributed by atoms with van der Waals surface area (Å²) in [6, 6.07) is 0. The van der Waals surface area contributed by atoms with Crippen molar-refractivity contribution < 1.29 is 29.4 Å². The van der Waals surface area contributed by atoms with Gasteiger partial charge in [-0.1, -0.05) is 39.0 Å². The summed E-state index contributed by atoms with van der Waals surface area (Å²) >= 11 is 0. The van der Waals surface area contributed by atoms with E-state index in [1.54, 1.807) is 0 Å². The first-order valence-electron chi connectivity index (χ1n) is 11.8. The van der Waals surface area contributed by atoms with Crippen molar-refractivity contribution in [3.05, 3.63) is 23.8 Å². The summed E-state index contributed by atoms with van der Waals surface area (Å²) in [5.74, 6) is 4.84. The Morgan fingerprint density at radius 3 is 2.56 bits per heavy atom. The average Bonchev–Trinajstić information content (AvgIpc) is 2.72. The third kappa shape index (κ3) is 6.90. The number of nitrogens with two attached hydrogens (primary N) is 1. The first-order valence-corrected chi connectivity index (χ1v) is 11.8. The van der Waals surface area contributed by atoms with Gasteiger partial charge in [-0.15, -0.1) is 0 Å². The highest BCUT2D eigenvalue weighted by molar-refractivity contribution is 5.76. The van der Waals surface area contributed by atoms with Gasteiger partial charge in [-0.05, 0) is 69.3 Å². The maximum absolute atomic E-state index is 12.9. The second-order valence-corrected chi connectivity index (χ2v) is 10.3. The lowest BCUT2D eigenvalue weighted by molar-refractivity contribution is -0.164. The summed E-state index contributed by atoms with van der Waals surface area (Å²) in [6.07, 6.45) is 7.24. The molecule has 0 fully saturated rings. The van der Waals surface area contributed by atoms with Crippen LogP contribution in [0.25, 0.3) is 0 Å². The fourth-order valence-electron chi connectivity index (χ4n) is 4.80. The van der Waals surface area contributed by atoms with E-state index in [4.69, 9.17) is 10.6 Å². The quantitative estimate of drug-likeness (QED) is 0.344. The van der Waals surface area contributed by atoms with Crippen LogP contribution in [0.15, 0.2) is 23.8 Å². The first-order chi connectivity index (χ1) is 15.0. The summed E-state index contributed by atoms with van der Waals surface area (Å²) < 4.78 is 6.11. The second-order valence-electron chi connectivity index (χ2n) is 10.3. The van der Waals surface area contributed by atoms with E-state index in [0.29, 0.717) is 18.8 Å². The van der Waals surface area contributed by atoms with Crippen LogP contribution in [0.1, 0.15) is 73.1 Å². The van der Waals surface area contributed by atoms with Crippen molar-refractivity contribution in [2.45, 2.75) is 91.5 Å². The minimum atomic E-state index is -0.999. The third-order valence-corrected chi connectivity index (χ3v) is 7.20. The molecule has 32 heavy (non-hydrogen) atoms. The highest BCUT2D eigenvalue weighted by Crippen LogP contribution is 2.45. The summed E-state index contributed by atoms with van der Waals surface area (Å²) in [5.41, 5.74) is 0.687. The normalized spacial score (nSPS) is 29.5. The number of ether oxygens (including phenoxy) is 1. The molecule has 0 spiro atoms. The molecule has 0 aromatic carbocycles. The van der Waals surface area contributed by atoms with Crippen LogP contribution in [0.2, 0.25) is 0 Å². The van der Waals surface area contributed by atoms with E-state index < -0.39 is 23.6 Å². The zero-order valence-electron chi connectivity index (χ0n) is 20.1. The van der Waals surface area contributed by atoms with Gasteiger partial charge < -0.3 is 19.8 Å². The Balaban J connectivity index is 2.10. The summed E-state index contributed by atoms with van der Waals surface area (Å²) in [4.78, 5) is 28.1. The van der Waals surface area contributed by atoms with E-state index in [2.05, 4.69) is 36.9 Å². The molecular formula is C25H41NO6. The zero-order valence-corrected chi connectivity index (χ0v) is 20.1. The molecule has 0 heterocycles.